The number of amides is 2. The number of imide groups is 1. The number of carbonyl (C=O) groups excluding carboxylic acids is 3. The first-order valence-corrected chi connectivity index (χ1v) is 8.22. The molecule has 122 valence electrons. The van der Waals surface area contributed by atoms with Crippen LogP contribution in [-0.2, 0) is 14.3 Å². The highest BCUT2D eigenvalue weighted by Crippen LogP contribution is 2.46. The van der Waals surface area contributed by atoms with E-state index in [1.807, 2.05) is 0 Å². The van der Waals surface area contributed by atoms with Gasteiger partial charge in [0, 0.05) is 6.42 Å². The van der Waals surface area contributed by atoms with E-state index >= 15 is 0 Å². The number of rotatable bonds is 3. The van der Waals surface area contributed by atoms with Crippen molar-refractivity contribution in [3.8, 4) is 0 Å². The normalized spacial score (nSPS) is 20.1. The van der Waals surface area contributed by atoms with Gasteiger partial charge in [0.15, 0.2) is 0 Å². The summed E-state index contributed by atoms with van der Waals surface area (Å²) in [6, 6.07) is 6.48. The van der Waals surface area contributed by atoms with E-state index in [2.05, 4.69) is 0 Å². The monoisotopic (exact) mass is 315 g/mol. The second-order valence-corrected chi connectivity index (χ2v) is 6.32. The number of nitrogens with zero attached hydrogens (tertiary/aromatic N) is 1. The number of benzene rings is 1. The molecule has 0 bridgehead atoms. The number of hydrogen-bond acceptors (Lipinski definition) is 4. The second kappa shape index (κ2) is 6.14. The first kappa shape index (κ1) is 15.7. The van der Waals surface area contributed by atoms with Crippen molar-refractivity contribution in [1.82, 2.24) is 0 Å². The Bertz CT molecular complexity index is 629. The smallest absolute Gasteiger partial charge is 0.338 e. The fourth-order valence-electron chi connectivity index (χ4n) is 3.64. The largest absolute Gasteiger partial charge is 0.462 e. The van der Waals surface area contributed by atoms with Gasteiger partial charge in [-0.3, -0.25) is 14.5 Å². The Kier molecular flexibility index (Phi) is 4.20. The fourth-order valence-corrected chi connectivity index (χ4v) is 3.64. The van der Waals surface area contributed by atoms with Crippen LogP contribution in [0.15, 0.2) is 24.3 Å². The van der Waals surface area contributed by atoms with Crippen molar-refractivity contribution in [1.29, 1.82) is 0 Å². The van der Waals surface area contributed by atoms with Gasteiger partial charge in [-0.2, -0.15) is 0 Å². The Morgan fingerprint density at radius 2 is 1.78 bits per heavy atom. The van der Waals surface area contributed by atoms with Crippen LogP contribution in [0.1, 0.15) is 55.8 Å². The summed E-state index contributed by atoms with van der Waals surface area (Å²) < 4.78 is 4.94. The van der Waals surface area contributed by atoms with Crippen LogP contribution in [0.4, 0.5) is 5.69 Å². The predicted molar refractivity (Wildman–Crippen MR) is 85.0 cm³/mol. The van der Waals surface area contributed by atoms with Crippen molar-refractivity contribution in [2.24, 2.45) is 5.41 Å². The van der Waals surface area contributed by atoms with Crippen LogP contribution in [0.3, 0.4) is 0 Å². The minimum atomic E-state index is -0.491. The third-order valence-corrected chi connectivity index (χ3v) is 4.84. The molecule has 2 amide bonds. The van der Waals surface area contributed by atoms with Gasteiger partial charge in [0.05, 0.1) is 23.3 Å². The first-order valence-electron chi connectivity index (χ1n) is 8.22. The van der Waals surface area contributed by atoms with Gasteiger partial charge in [0.25, 0.3) is 0 Å². The van der Waals surface area contributed by atoms with E-state index in [1.54, 1.807) is 31.2 Å². The fraction of sp³-hybridized carbons (Fsp3) is 0.500. The number of hydrogen-bond donors (Lipinski definition) is 0. The molecule has 5 nitrogen and oxygen atoms in total. The van der Waals surface area contributed by atoms with Crippen molar-refractivity contribution in [3.63, 3.8) is 0 Å². The van der Waals surface area contributed by atoms with Crippen molar-refractivity contribution < 1.29 is 19.1 Å². The Morgan fingerprint density at radius 1 is 1.13 bits per heavy atom. The van der Waals surface area contributed by atoms with Crippen LogP contribution in [0, 0.1) is 5.41 Å². The average Bonchev–Trinajstić information content (AvgIpc) is 2.79. The maximum atomic E-state index is 12.8. The van der Waals surface area contributed by atoms with E-state index in [1.165, 1.54) is 4.90 Å². The summed E-state index contributed by atoms with van der Waals surface area (Å²) in [7, 11) is 0. The van der Waals surface area contributed by atoms with E-state index in [4.69, 9.17) is 4.74 Å². The van der Waals surface area contributed by atoms with E-state index in [9.17, 15) is 14.4 Å². The van der Waals surface area contributed by atoms with Gasteiger partial charge in [0.1, 0.15) is 0 Å². The number of carbonyl (C=O) groups is 3. The summed E-state index contributed by atoms with van der Waals surface area (Å²) in [5.74, 6) is -0.617. The van der Waals surface area contributed by atoms with Gasteiger partial charge in [-0.15, -0.1) is 0 Å². The van der Waals surface area contributed by atoms with Gasteiger partial charge in [-0.05, 0) is 44.0 Å². The highest BCUT2D eigenvalue weighted by molar-refractivity contribution is 6.22. The molecule has 0 atom stereocenters. The zero-order chi connectivity index (χ0) is 16.4. The molecule has 23 heavy (non-hydrogen) atoms. The molecule has 1 heterocycles. The maximum absolute atomic E-state index is 12.8. The first-order chi connectivity index (χ1) is 11.1. The lowest BCUT2D eigenvalue weighted by atomic mass is 9.73. The SMILES string of the molecule is CCOC(=O)c1ccc(N2C(=O)CC3(CCCCC3)C2=O)cc1. The molecule has 0 radical (unpaired) electrons. The van der Waals surface area contributed by atoms with Crippen LogP contribution in [0.5, 0.6) is 0 Å². The highest BCUT2D eigenvalue weighted by Gasteiger charge is 2.51. The van der Waals surface area contributed by atoms with Gasteiger partial charge < -0.3 is 4.74 Å². The molecule has 1 saturated heterocycles. The molecule has 5 heteroatoms. The Balaban J connectivity index is 1.82. The molecule has 1 aromatic rings. The van der Waals surface area contributed by atoms with Crippen molar-refractivity contribution in [2.75, 3.05) is 11.5 Å². The zero-order valence-corrected chi connectivity index (χ0v) is 13.3. The Morgan fingerprint density at radius 3 is 2.39 bits per heavy atom. The van der Waals surface area contributed by atoms with Crippen molar-refractivity contribution in [3.05, 3.63) is 29.8 Å². The lowest BCUT2D eigenvalue weighted by Crippen LogP contribution is -2.36. The molecular weight excluding hydrogens is 294 g/mol. The summed E-state index contributed by atoms with van der Waals surface area (Å²) in [6.07, 6.45) is 5.07. The molecule has 2 fully saturated rings. The lowest BCUT2D eigenvalue weighted by molar-refractivity contribution is -0.127. The number of anilines is 1. The quantitative estimate of drug-likeness (QED) is 0.635. The molecule has 1 aliphatic carbocycles. The predicted octanol–water partition coefficient (Wildman–Crippen LogP) is 3.08. The summed E-state index contributed by atoms with van der Waals surface area (Å²) in [5, 5.41) is 0. The van der Waals surface area contributed by atoms with Crippen LogP contribution in [0.25, 0.3) is 0 Å². The third kappa shape index (κ3) is 2.76. The highest BCUT2D eigenvalue weighted by atomic mass is 16.5. The van der Waals surface area contributed by atoms with Gasteiger partial charge in [-0.25, -0.2) is 4.79 Å². The standard InChI is InChI=1S/C18H21NO4/c1-2-23-16(21)13-6-8-14(9-7-13)19-15(20)12-18(17(19)22)10-4-3-5-11-18/h6-9H,2-5,10-12H2,1H3. The van der Waals surface area contributed by atoms with E-state index < -0.39 is 11.4 Å². The second-order valence-electron chi connectivity index (χ2n) is 6.32. The topological polar surface area (TPSA) is 63.7 Å². The lowest BCUT2D eigenvalue weighted by Gasteiger charge is -2.30. The Hall–Kier alpha value is -2.17. The van der Waals surface area contributed by atoms with Gasteiger partial charge >= 0.3 is 5.97 Å². The minimum Gasteiger partial charge on any atom is -0.462 e. The van der Waals surface area contributed by atoms with Crippen LogP contribution in [0.2, 0.25) is 0 Å². The third-order valence-electron chi connectivity index (χ3n) is 4.84. The average molecular weight is 315 g/mol. The zero-order valence-electron chi connectivity index (χ0n) is 13.3. The molecule has 0 N–H and O–H groups in total. The maximum Gasteiger partial charge on any atom is 0.338 e. The van der Waals surface area contributed by atoms with Gasteiger partial charge in [0.2, 0.25) is 11.8 Å². The molecule has 1 spiro atoms. The van der Waals surface area contributed by atoms with Crippen molar-refractivity contribution >= 4 is 23.5 Å². The number of ether oxygens (including phenoxy) is 1. The molecule has 1 aromatic carbocycles. The summed E-state index contributed by atoms with van der Waals surface area (Å²) >= 11 is 0. The minimum absolute atomic E-state index is 0.0777. The Labute approximate surface area is 135 Å². The molecule has 1 aliphatic heterocycles. The number of esters is 1. The molecule has 2 aliphatic rings. The summed E-state index contributed by atoms with van der Waals surface area (Å²) in [4.78, 5) is 38.2. The van der Waals surface area contributed by atoms with E-state index in [-0.39, 0.29) is 11.8 Å². The summed E-state index contributed by atoms with van der Waals surface area (Å²) in [6.45, 7) is 2.06. The summed E-state index contributed by atoms with van der Waals surface area (Å²) in [5.41, 5.74) is 0.465. The molecule has 1 saturated carbocycles. The van der Waals surface area contributed by atoms with Crippen molar-refractivity contribution in [2.45, 2.75) is 45.4 Å². The molecular formula is C18H21NO4. The molecule has 0 aromatic heterocycles. The van der Waals surface area contributed by atoms with Crippen LogP contribution >= 0.6 is 0 Å². The van der Waals surface area contributed by atoms with E-state index in [0.29, 0.717) is 24.3 Å². The van der Waals surface area contributed by atoms with E-state index in [0.717, 1.165) is 32.1 Å². The van der Waals surface area contributed by atoms with Crippen LogP contribution < -0.4 is 4.90 Å². The molecule has 0 unspecified atom stereocenters. The van der Waals surface area contributed by atoms with Crippen LogP contribution in [-0.4, -0.2) is 24.4 Å². The molecule has 3 rings (SSSR count). The van der Waals surface area contributed by atoms with Gasteiger partial charge in [-0.1, -0.05) is 19.3 Å².